The maximum absolute atomic E-state index is 13.7. The van der Waals surface area contributed by atoms with E-state index in [1.165, 1.54) is 41.5 Å². The topological polar surface area (TPSA) is 35.9 Å². The molecule has 5 rings (SSSR count). The Labute approximate surface area is 186 Å². The number of aliphatic imine (C=N–C) groups is 1. The van der Waals surface area contributed by atoms with Crippen molar-refractivity contribution in [1.29, 1.82) is 0 Å². The molecule has 2 aliphatic heterocycles. The van der Waals surface area contributed by atoms with Crippen LogP contribution in [0.15, 0.2) is 68.4 Å². The van der Waals surface area contributed by atoms with Crippen LogP contribution >= 0.6 is 23.5 Å². The van der Waals surface area contributed by atoms with Crippen LogP contribution in [-0.2, 0) is 4.79 Å². The van der Waals surface area contributed by atoms with Gasteiger partial charge >= 0.3 is 0 Å². The first-order valence-electron chi connectivity index (χ1n) is 10.5. The number of anilines is 2. The molecule has 1 amide bonds. The summed E-state index contributed by atoms with van der Waals surface area (Å²) in [5, 5.41) is 1.82. The van der Waals surface area contributed by atoms with E-state index in [1.54, 1.807) is 11.8 Å². The number of amides is 1. The van der Waals surface area contributed by atoms with Crippen LogP contribution in [0.3, 0.4) is 0 Å². The second-order valence-corrected chi connectivity index (χ2v) is 10.1. The fraction of sp³-hybridized carbons (Fsp3) is 0.333. The van der Waals surface area contributed by atoms with Crippen molar-refractivity contribution in [2.45, 2.75) is 50.0 Å². The van der Waals surface area contributed by atoms with Gasteiger partial charge < -0.3 is 4.90 Å². The molecule has 2 fully saturated rings. The number of para-hydroxylation sites is 1. The average molecular weight is 436 g/mol. The van der Waals surface area contributed by atoms with Crippen molar-refractivity contribution in [2.24, 2.45) is 4.99 Å². The van der Waals surface area contributed by atoms with Crippen LogP contribution in [-0.4, -0.2) is 24.2 Å². The Morgan fingerprint density at radius 1 is 0.967 bits per heavy atom. The first-order valence-corrected chi connectivity index (χ1v) is 12.2. The minimum atomic E-state index is 0.0283. The van der Waals surface area contributed by atoms with Gasteiger partial charge in [-0.3, -0.25) is 14.7 Å². The van der Waals surface area contributed by atoms with Gasteiger partial charge in [-0.1, -0.05) is 60.9 Å². The van der Waals surface area contributed by atoms with E-state index in [4.69, 9.17) is 4.99 Å². The van der Waals surface area contributed by atoms with Gasteiger partial charge in [0, 0.05) is 11.9 Å². The number of rotatable bonds is 2. The van der Waals surface area contributed by atoms with E-state index in [9.17, 15) is 4.79 Å². The summed E-state index contributed by atoms with van der Waals surface area (Å²) in [5.41, 5.74) is 3.23. The molecule has 154 valence electrons. The summed E-state index contributed by atoms with van der Waals surface area (Å²) in [5.74, 6) is 0.0283. The highest BCUT2D eigenvalue weighted by Gasteiger charge is 2.40. The maximum atomic E-state index is 13.7. The van der Waals surface area contributed by atoms with E-state index >= 15 is 0 Å². The lowest BCUT2D eigenvalue weighted by Crippen LogP contribution is -2.30. The van der Waals surface area contributed by atoms with Gasteiger partial charge in [-0.2, -0.15) is 0 Å². The molecule has 2 heterocycles. The van der Waals surface area contributed by atoms with Crippen LogP contribution < -0.4 is 9.80 Å². The molecule has 0 radical (unpaired) electrons. The summed E-state index contributed by atoms with van der Waals surface area (Å²) in [7, 11) is 2.04. The van der Waals surface area contributed by atoms with Gasteiger partial charge in [0.2, 0.25) is 0 Å². The highest BCUT2D eigenvalue weighted by molar-refractivity contribution is 8.20. The third-order valence-electron chi connectivity index (χ3n) is 5.87. The normalized spacial score (nSPS) is 23.5. The third kappa shape index (κ3) is 3.56. The second-order valence-electron chi connectivity index (χ2n) is 8.04. The van der Waals surface area contributed by atoms with Crippen molar-refractivity contribution in [3.8, 4) is 0 Å². The van der Waals surface area contributed by atoms with E-state index in [2.05, 4.69) is 36.1 Å². The van der Waals surface area contributed by atoms with Crippen molar-refractivity contribution < 1.29 is 4.79 Å². The van der Waals surface area contributed by atoms with Gasteiger partial charge in [0.25, 0.3) is 5.91 Å². The molecule has 30 heavy (non-hydrogen) atoms. The molecule has 3 aliphatic rings. The number of carbonyl (C=O) groups is 1. The van der Waals surface area contributed by atoms with E-state index in [0.717, 1.165) is 39.3 Å². The predicted octanol–water partition coefficient (Wildman–Crippen LogP) is 6.17. The second kappa shape index (κ2) is 8.16. The molecule has 2 aromatic carbocycles. The Kier molecular flexibility index (Phi) is 5.37. The van der Waals surface area contributed by atoms with Gasteiger partial charge in [-0.05, 0) is 55.8 Å². The van der Waals surface area contributed by atoms with Crippen LogP contribution in [0.2, 0.25) is 0 Å². The quantitative estimate of drug-likeness (QED) is 0.528. The highest BCUT2D eigenvalue weighted by Crippen LogP contribution is 2.50. The first kappa shape index (κ1) is 19.8. The summed E-state index contributed by atoms with van der Waals surface area (Å²) in [6, 6.07) is 16.8. The van der Waals surface area contributed by atoms with Gasteiger partial charge in [0.1, 0.15) is 4.91 Å². The van der Waals surface area contributed by atoms with Crippen LogP contribution in [0, 0.1) is 6.92 Å². The highest BCUT2D eigenvalue weighted by atomic mass is 32.2. The van der Waals surface area contributed by atoms with Crippen molar-refractivity contribution in [3.63, 3.8) is 0 Å². The molecular formula is C24H25N3OS2. The number of nitrogens with zero attached hydrogens (tertiary/aromatic N) is 3. The van der Waals surface area contributed by atoms with E-state index in [1.807, 2.05) is 36.2 Å². The zero-order chi connectivity index (χ0) is 20.7. The molecule has 4 nitrogen and oxygen atoms in total. The van der Waals surface area contributed by atoms with Crippen molar-refractivity contribution in [2.75, 3.05) is 16.8 Å². The SMILES string of the molecule is Cc1ccc(N2C(=O)C(=C3Sc4ccccc4N3C)SC2=NC2CCCCC2)cc1. The molecule has 6 heteroatoms. The monoisotopic (exact) mass is 435 g/mol. The number of hydrogen-bond acceptors (Lipinski definition) is 5. The van der Waals surface area contributed by atoms with Crippen molar-refractivity contribution in [1.82, 2.24) is 0 Å². The summed E-state index contributed by atoms with van der Waals surface area (Å²) < 4.78 is 0. The minimum Gasteiger partial charge on any atom is -0.337 e. The Morgan fingerprint density at radius 3 is 2.43 bits per heavy atom. The average Bonchev–Trinajstić information content (AvgIpc) is 3.26. The fourth-order valence-electron chi connectivity index (χ4n) is 4.18. The number of thioether (sulfide) groups is 2. The summed E-state index contributed by atoms with van der Waals surface area (Å²) in [6.07, 6.45) is 5.99. The van der Waals surface area contributed by atoms with Crippen LogP contribution in [0.4, 0.5) is 11.4 Å². The standard InChI is InChI=1S/C24H25N3OS2/c1-16-12-14-18(15-13-16)27-22(28)21(30-24(27)25-17-8-4-3-5-9-17)23-26(2)19-10-6-7-11-20(19)29-23/h6-7,10-15,17H,3-5,8-9H2,1-2H3. The zero-order valence-electron chi connectivity index (χ0n) is 17.3. The molecule has 0 N–H and O–H groups in total. The van der Waals surface area contributed by atoms with E-state index in [0.29, 0.717) is 6.04 Å². The lowest BCUT2D eigenvalue weighted by molar-refractivity contribution is -0.113. The third-order valence-corrected chi connectivity index (χ3v) is 8.28. The molecule has 1 aliphatic carbocycles. The first-order chi connectivity index (χ1) is 14.6. The van der Waals surface area contributed by atoms with E-state index < -0.39 is 0 Å². The Bertz CT molecular complexity index is 1040. The number of hydrogen-bond donors (Lipinski definition) is 0. The van der Waals surface area contributed by atoms with Gasteiger partial charge in [-0.25, -0.2) is 0 Å². The largest absolute Gasteiger partial charge is 0.337 e. The summed E-state index contributed by atoms with van der Waals surface area (Å²) in [4.78, 5) is 24.7. The molecule has 1 saturated carbocycles. The van der Waals surface area contributed by atoms with Crippen molar-refractivity contribution in [3.05, 3.63) is 64.0 Å². The Balaban J connectivity index is 1.56. The van der Waals surface area contributed by atoms with E-state index in [-0.39, 0.29) is 5.91 Å². The van der Waals surface area contributed by atoms with Crippen LogP contribution in [0.1, 0.15) is 37.7 Å². The van der Waals surface area contributed by atoms with Gasteiger partial charge in [0.05, 0.1) is 22.4 Å². The number of carbonyl (C=O) groups excluding carboxylic acids is 1. The molecular weight excluding hydrogens is 410 g/mol. The summed E-state index contributed by atoms with van der Waals surface area (Å²) in [6.45, 7) is 2.07. The molecule has 0 spiro atoms. The smallest absolute Gasteiger partial charge is 0.274 e. The van der Waals surface area contributed by atoms with Gasteiger partial charge in [0.15, 0.2) is 5.17 Å². The molecule has 0 unspecified atom stereocenters. The number of benzene rings is 2. The molecule has 2 aromatic rings. The van der Waals surface area contributed by atoms with Crippen molar-refractivity contribution >= 4 is 46.0 Å². The summed E-state index contributed by atoms with van der Waals surface area (Å²) >= 11 is 3.21. The minimum absolute atomic E-state index is 0.0283. The molecule has 0 bridgehead atoms. The lowest BCUT2D eigenvalue weighted by atomic mass is 9.96. The zero-order valence-corrected chi connectivity index (χ0v) is 18.9. The van der Waals surface area contributed by atoms with Gasteiger partial charge in [-0.15, -0.1) is 0 Å². The number of fused-ring (bicyclic) bond motifs is 1. The van der Waals surface area contributed by atoms with Crippen LogP contribution in [0.25, 0.3) is 0 Å². The molecule has 1 saturated heterocycles. The maximum Gasteiger partial charge on any atom is 0.274 e. The number of aryl methyl sites for hydroxylation is 1. The fourth-order valence-corrected chi connectivity index (χ4v) is 6.57. The molecule has 0 atom stereocenters. The van der Waals surface area contributed by atoms with Crippen LogP contribution in [0.5, 0.6) is 0 Å². The Morgan fingerprint density at radius 2 is 1.70 bits per heavy atom. The predicted molar refractivity (Wildman–Crippen MR) is 128 cm³/mol. The number of amidine groups is 1. The Hall–Kier alpha value is -2.18. The molecule has 0 aromatic heterocycles. The lowest BCUT2D eigenvalue weighted by Gasteiger charge is -2.21.